The maximum absolute atomic E-state index is 5.89. The Labute approximate surface area is 134 Å². The van der Waals surface area contributed by atoms with Crippen molar-refractivity contribution < 1.29 is 6.16 Å². The summed E-state index contributed by atoms with van der Waals surface area (Å²) in [6.07, 6.45) is 6.85. The summed E-state index contributed by atoms with van der Waals surface area (Å²) < 4.78 is 5.89. The summed E-state index contributed by atoms with van der Waals surface area (Å²) >= 11 is 0. The molecule has 2 heteroatoms. The zero-order valence-electron chi connectivity index (χ0n) is 12.9. The van der Waals surface area contributed by atoms with E-state index in [0.29, 0.717) is 6.04 Å². The minimum Gasteiger partial charge on any atom is -0.457 e. The van der Waals surface area contributed by atoms with E-state index in [9.17, 15) is 0 Å². The van der Waals surface area contributed by atoms with E-state index in [1.54, 1.807) is 0 Å². The molecule has 2 atom stereocenters. The average molecular weight is 295 g/mol. The van der Waals surface area contributed by atoms with Crippen LogP contribution in [0.1, 0.15) is 45.1 Å². The van der Waals surface area contributed by atoms with Crippen molar-refractivity contribution >= 4 is 0 Å². The van der Waals surface area contributed by atoms with Gasteiger partial charge in [0.15, 0.2) is 0 Å². The van der Waals surface area contributed by atoms with E-state index in [2.05, 4.69) is 29.2 Å². The Morgan fingerprint density at radius 1 is 0.818 bits per heavy atom. The third-order valence-electron chi connectivity index (χ3n) is 5.09. The summed E-state index contributed by atoms with van der Waals surface area (Å²) in [6, 6.07) is 20.2. The lowest BCUT2D eigenvalue weighted by Gasteiger charge is -2.34. The van der Waals surface area contributed by atoms with Gasteiger partial charge in [-0.25, -0.2) is 0 Å². The van der Waals surface area contributed by atoms with Crippen LogP contribution in [0.4, 0.5) is 0 Å². The molecule has 2 saturated heterocycles. The molecule has 2 nitrogen and oxygen atoms in total. The Morgan fingerprint density at radius 2 is 1.59 bits per heavy atom. The standard InChI is InChI=1S/C20H23NO.H2/c1-2-7-18(8-3-1)22-19-12-9-16(10-13-19)20-14-11-17-6-4-5-15-21(17)20;/h1-3,7-10,12-13,17,20H,4-6,11,14-15H2;1H/t17-,20?;/m1./s1. The van der Waals surface area contributed by atoms with Crippen molar-refractivity contribution in [3.8, 4) is 11.5 Å². The van der Waals surface area contributed by atoms with Crippen LogP contribution in [0.15, 0.2) is 54.6 Å². The van der Waals surface area contributed by atoms with Gasteiger partial charge in [0.05, 0.1) is 0 Å². The van der Waals surface area contributed by atoms with Crippen molar-refractivity contribution in [2.24, 2.45) is 0 Å². The van der Waals surface area contributed by atoms with Gasteiger partial charge in [0.2, 0.25) is 0 Å². The number of para-hydroxylation sites is 1. The lowest BCUT2D eigenvalue weighted by molar-refractivity contribution is 0.150. The highest BCUT2D eigenvalue weighted by Gasteiger charge is 2.35. The molecule has 2 heterocycles. The summed E-state index contributed by atoms with van der Waals surface area (Å²) in [5.74, 6) is 1.82. The molecule has 4 rings (SSSR count). The third kappa shape index (κ3) is 2.76. The smallest absolute Gasteiger partial charge is 0.127 e. The van der Waals surface area contributed by atoms with E-state index < -0.39 is 0 Å². The maximum Gasteiger partial charge on any atom is 0.127 e. The highest BCUT2D eigenvalue weighted by Crippen LogP contribution is 2.40. The third-order valence-corrected chi connectivity index (χ3v) is 5.09. The molecule has 0 bridgehead atoms. The quantitative estimate of drug-likeness (QED) is 0.750. The second-order valence-electron chi connectivity index (χ2n) is 6.46. The van der Waals surface area contributed by atoms with Crippen LogP contribution >= 0.6 is 0 Å². The predicted molar refractivity (Wildman–Crippen MR) is 91.4 cm³/mol. The molecule has 2 aromatic carbocycles. The summed E-state index contributed by atoms with van der Waals surface area (Å²) in [7, 11) is 0. The van der Waals surface area contributed by atoms with E-state index in [1.807, 2.05) is 30.3 Å². The van der Waals surface area contributed by atoms with Gasteiger partial charge in [-0.1, -0.05) is 36.8 Å². The Kier molecular flexibility index (Phi) is 3.86. The first-order chi connectivity index (χ1) is 10.9. The highest BCUT2D eigenvalue weighted by atomic mass is 16.5. The number of rotatable bonds is 3. The van der Waals surface area contributed by atoms with Gasteiger partial charge < -0.3 is 4.74 Å². The van der Waals surface area contributed by atoms with Gasteiger partial charge in [0, 0.05) is 13.5 Å². The number of hydrogen-bond donors (Lipinski definition) is 0. The Morgan fingerprint density at radius 3 is 2.41 bits per heavy atom. The zero-order valence-corrected chi connectivity index (χ0v) is 12.9. The van der Waals surface area contributed by atoms with Crippen molar-refractivity contribution in [2.75, 3.05) is 6.54 Å². The lowest BCUT2D eigenvalue weighted by atomic mass is 10.0. The molecule has 0 aliphatic carbocycles. The van der Waals surface area contributed by atoms with Gasteiger partial charge in [-0.05, 0) is 62.1 Å². The van der Waals surface area contributed by atoms with Crippen LogP contribution in [-0.2, 0) is 0 Å². The van der Waals surface area contributed by atoms with Gasteiger partial charge in [0.1, 0.15) is 11.5 Å². The summed E-state index contributed by atoms with van der Waals surface area (Å²) in [4.78, 5) is 2.73. The fraction of sp³-hybridized carbons (Fsp3) is 0.400. The van der Waals surface area contributed by atoms with Crippen molar-refractivity contribution in [1.82, 2.24) is 4.90 Å². The second kappa shape index (κ2) is 6.13. The molecule has 0 radical (unpaired) electrons. The molecule has 2 aliphatic heterocycles. The highest BCUT2D eigenvalue weighted by molar-refractivity contribution is 5.34. The molecule has 22 heavy (non-hydrogen) atoms. The number of nitrogens with zero attached hydrogens (tertiary/aromatic N) is 1. The van der Waals surface area contributed by atoms with Crippen LogP contribution < -0.4 is 4.74 Å². The minimum absolute atomic E-state index is 0. The number of ether oxygens (including phenoxy) is 1. The largest absolute Gasteiger partial charge is 0.457 e. The lowest BCUT2D eigenvalue weighted by Crippen LogP contribution is -2.35. The predicted octanol–water partition coefficient (Wildman–Crippen LogP) is 5.41. The first-order valence-electron chi connectivity index (χ1n) is 8.49. The SMILES string of the molecule is [HH].c1ccc(Oc2ccc(C3CC[C@H]4CCCCN34)cc2)cc1. The Bertz CT molecular complexity index is 613. The van der Waals surface area contributed by atoms with E-state index in [-0.39, 0.29) is 1.43 Å². The number of benzene rings is 2. The van der Waals surface area contributed by atoms with Gasteiger partial charge >= 0.3 is 0 Å². The number of fused-ring (bicyclic) bond motifs is 1. The van der Waals surface area contributed by atoms with Gasteiger partial charge in [-0.2, -0.15) is 0 Å². The summed E-state index contributed by atoms with van der Waals surface area (Å²) in [6.45, 7) is 1.28. The number of piperidine rings is 1. The Balaban J connectivity index is 0.00000156. The molecule has 116 valence electrons. The van der Waals surface area contributed by atoms with Crippen molar-refractivity contribution in [2.45, 2.75) is 44.2 Å². The average Bonchev–Trinajstić information content (AvgIpc) is 3.01. The zero-order chi connectivity index (χ0) is 14.8. The van der Waals surface area contributed by atoms with E-state index in [4.69, 9.17) is 4.74 Å². The summed E-state index contributed by atoms with van der Waals surface area (Å²) in [5.41, 5.74) is 1.45. The normalized spacial score (nSPS) is 24.9. The van der Waals surface area contributed by atoms with Crippen LogP contribution in [0, 0.1) is 0 Å². The molecule has 0 spiro atoms. The van der Waals surface area contributed by atoms with Crippen LogP contribution in [0.3, 0.4) is 0 Å². The topological polar surface area (TPSA) is 12.5 Å². The van der Waals surface area contributed by atoms with Crippen LogP contribution in [0.25, 0.3) is 0 Å². The monoisotopic (exact) mass is 295 g/mol. The van der Waals surface area contributed by atoms with Gasteiger partial charge in [0.25, 0.3) is 0 Å². The molecule has 0 amide bonds. The van der Waals surface area contributed by atoms with E-state index >= 15 is 0 Å². The maximum atomic E-state index is 5.89. The van der Waals surface area contributed by atoms with Crippen molar-refractivity contribution in [1.29, 1.82) is 0 Å². The van der Waals surface area contributed by atoms with Crippen molar-refractivity contribution in [3.05, 3.63) is 60.2 Å². The minimum atomic E-state index is 0. The van der Waals surface area contributed by atoms with E-state index in [1.165, 1.54) is 44.2 Å². The first-order valence-corrected chi connectivity index (χ1v) is 8.49. The molecule has 0 aromatic heterocycles. The fourth-order valence-electron chi connectivity index (χ4n) is 4.00. The summed E-state index contributed by atoms with van der Waals surface area (Å²) in [5, 5.41) is 0. The molecule has 2 fully saturated rings. The van der Waals surface area contributed by atoms with Crippen LogP contribution in [0.2, 0.25) is 0 Å². The van der Waals surface area contributed by atoms with Crippen LogP contribution in [-0.4, -0.2) is 17.5 Å². The molecule has 1 unspecified atom stereocenters. The molecule has 2 aromatic rings. The van der Waals surface area contributed by atoms with Gasteiger partial charge in [-0.15, -0.1) is 0 Å². The molecular weight excluding hydrogens is 270 g/mol. The second-order valence-corrected chi connectivity index (χ2v) is 6.46. The fourth-order valence-corrected chi connectivity index (χ4v) is 4.00. The first kappa shape index (κ1) is 13.8. The Hall–Kier alpha value is -1.80. The molecule has 0 saturated carbocycles. The van der Waals surface area contributed by atoms with Gasteiger partial charge in [-0.3, -0.25) is 4.90 Å². The molecule has 0 N–H and O–H groups in total. The number of hydrogen-bond acceptors (Lipinski definition) is 2. The van der Waals surface area contributed by atoms with Crippen LogP contribution in [0.5, 0.6) is 11.5 Å². The molecular formula is C20H25NO. The van der Waals surface area contributed by atoms with E-state index in [0.717, 1.165) is 17.5 Å². The van der Waals surface area contributed by atoms with Crippen molar-refractivity contribution in [3.63, 3.8) is 0 Å². The molecule has 2 aliphatic rings.